The summed E-state index contributed by atoms with van der Waals surface area (Å²) in [6.07, 6.45) is 1.40. The summed E-state index contributed by atoms with van der Waals surface area (Å²) in [6.45, 7) is 1.64. The molecule has 9 heteroatoms. The van der Waals surface area contributed by atoms with Gasteiger partial charge in [0.15, 0.2) is 23.7 Å². The summed E-state index contributed by atoms with van der Waals surface area (Å²) < 4.78 is 11.5. The lowest BCUT2D eigenvalue weighted by Crippen LogP contribution is -2.43. The first-order chi connectivity index (χ1) is 16.4. The van der Waals surface area contributed by atoms with Crippen molar-refractivity contribution in [2.24, 2.45) is 5.10 Å². The average molecular weight is 574 g/mol. The summed E-state index contributed by atoms with van der Waals surface area (Å²) in [7, 11) is 0. The van der Waals surface area contributed by atoms with Crippen LogP contribution in [0, 0.1) is 3.57 Å². The predicted octanol–water partition coefficient (Wildman–Crippen LogP) is 3.54. The van der Waals surface area contributed by atoms with Crippen LogP contribution in [0.5, 0.6) is 11.5 Å². The number of nitrogens with zero attached hydrogens (tertiary/aromatic N) is 1. The fourth-order valence-electron chi connectivity index (χ4n) is 3.23. The molecule has 0 spiro atoms. The minimum atomic E-state index is -1.95. The molecule has 0 bridgehead atoms. The third kappa shape index (κ3) is 5.91. The van der Waals surface area contributed by atoms with Gasteiger partial charge in [0.2, 0.25) is 0 Å². The molecule has 176 valence electrons. The zero-order valence-electron chi connectivity index (χ0n) is 18.3. The topological polar surface area (TPSA) is 117 Å². The van der Waals surface area contributed by atoms with Crippen LogP contribution in [-0.4, -0.2) is 41.5 Å². The van der Waals surface area contributed by atoms with Gasteiger partial charge < -0.3 is 19.7 Å². The van der Waals surface area contributed by atoms with Crippen molar-refractivity contribution >= 4 is 40.7 Å². The fraction of sp³-hybridized carbons (Fsp3) is 0.160. The normalized spacial score (nSPS) is 11.3. The van der Waals surface area contributed by atoms with Crippen molar-refractivity contribution in [2.45, 2.75) is 12.5 Å². The van der Waals surface area contributed by atoms with Crippen LogP contribution in [0.15, 0.2) is 77.9 Å². The van der Waals surface area contributed by atoms with Crippen LogP contribution < -0.4 is 14.9 Å². The largest absolute Gasteiger partial charge is 0.490 e. The van der Waals surface area contributed by atoms with Gasteiger partial charge in [-0.25, -0.2) is 10.2 Å². The summed E-state index contributed by atoms with van der Waals surface area (Å²) in [5.41, 5.74) is 1.87. The fourth-order valence-corrected chi connectivity index (χ4v) is 4.01. The van der Waals surface area contributed by atoms with Crippen LogP contribution in [0.2, 0.25) is 0 Å². The number of carbonyl (C=O) groups excluding carboxylic acids is 1. The smallest absolute Gasteiger partial charge is 0.341 e. The first kappa shape index (κ1) is 25.2. The van der Waals surface area contributed by atoms with Crippen LogP contribution in [0.4, 0.5) is 0 Å². The van der Waals surface area contributed by atoms with Crippen LogP contribution >= 0.6 is 22.6 Å². The van der Waals surface area contributed by atoms with Gasteiger partial charge in [-0.15, -0.1) is 0 Å². The molecule has 0 aliphatic rings. The van der Waals surface area contributed by atoms with Crippen molar-refractivity contribution in [3.63, 3.8) is 0 Å². The molecule has 3 rings (SSSR count). The summed E-state index contributed by atoms with van der Waals surface area (Å²) in [5.74, 6) is -1.15. The molecule has 0 aliphatic carbocycles. The zero-order valence-corrected chi connectivity index (χ0v) is 20.4. The highest BCUT2D eigenvalue weighted by Crippen LogP contribution is 2.34. The molecule has 3 aromatic carbocycles. The number of ether oxygens (including phenoxy) is 2. The molecule has 1 amide bonds. The highest BCUT2D eigenvalue weighted by Gasteiger charge is 2.39. The van der Waals surface area contributed by atoms with Crippen molar-refractivity contribution in [1.82, 2.24) is 5.43 Å². The van der Waals surface area contributed by atoms with Gasteiger partial charge in [0.05, 0.1) is 16.4 Å². The van der Waals surface area contributed by atoms with E-state index in [2.05, 4.69) is 10.5 Å². The quantitative estimate of drug-likeness (QED) is 0.194. The lowest BCUT2D eigenvalue weighted by Gasteiger charge is -2.27. The second kappa shape index (κ2) is 11.6. The molecule has 3 aromatic rings. The number of hydrazone groups is 1. The van der Waals surface area contributed by atoms with E-state index in [1.807, 2.05) is 22.6 Å². The number of hydrogen-bond acceptors (Lipinski definition) is 6. The van der Waals surface area contributed by atoms with Crippen LogP contribution in [-0.2, 0) is 15.2 Å². The molecule has 0 atom stereocenters. The van der Waals surface area contributed by atoms with Crippen molar-refractivity contribution in [1.29, 1.82) is 0 Å². The Hall–Kier alpha value is -3.44. The Kier molecular flexibility index (Phi) is 8.61. The summed E-state index contributed by atoms with van der Waals surface area (Å²) in [4.78, 5) is 24.0. The van der Waals surface area contributed by atoms with Gasteiger partial charge in [-0.05, 0) is 58.3 Å². The van der Waals surface area contributed by atoms with Crippen LogP contribution in [0.1, 0.15) is 23.6 Å². The summed E-state index contributed by atoms with van der Waals surface area (Å²) in [6, 6.07) is 20.6. The maximum Gasteiger partial charge on any atom is 0.341 e. The second-order valence-corrected chi connectivity index (χ2v) is 8.25. The number of halogens is 1. The Morgan fingerprint density at radius 3 is 2.15 bits per heavy atom. The first-order valence-corrected chi connectivity index (χ1v) is 11.4. The molecule has 0 aromatic heterocycles. The van der Waals surface area contributed by atoms with Crippen molar-refractivity contribution in [3.05, 3.63) is 93.1 Å². The highest BCUT2D eigenvalue weighted by atomic mass is 127. The van der Waals surface area contributed by atoms with E-state index in [9.17, 15) is 14.7 Å². The van der Waals surface area contributed by atoms with E-state index in [-0.39, 0.29) is 0 Å². The molecular weight excluding hydrogens is 551 g/mol. The molecule has 0 fully saturated rings. The molecule has 8 nitrogen and oxygen atoms in total. The van der Waals surface area contributed by atoms with Crippen molar-refractivity contribution in [2.75, 3.05) is 13.2 Å². The SMILES string of the molecule is CCOc1cc(/C=N\NC(=O)C(O)(c2ccccc2)c2ccccc2)cc(I)c1OCC(=O)O. The van der Waals surface area contributed by atoms with Gasteiger partial charge in [-0.1, -0.05) is 60.7 Å². The number of carboxylic acids is 1. The van der Waals surface area contributed by atoms with Gasteiger partial charge in [-0.3, -0.25) is 4.79 Å². The summed E-state index contributed by atoms with van der Waals surface area (Å²) in [5, 5.41) is 24.4. The molecular formula is C25H23IN2O6. The lowest BCUT2D eigenvalue weighted by atomic mass is 9.85. The van der Waals surface area contributed by atoms with Crippen molar-refractivity contribution < 1.29 is 29.3 Å². The second-order valence-electron chi connectivity index (χ2n) is 7.09. The number of aliphatic hydroxyl groups is 1. The molecule has 0 saturated carbocycles. The van der Waals surface area contributed by atoms with Crippen LogP contribution in [0.3, 0.4) is 0 Å². The lowest BCUT2D eigenvalue weighted by molar-refractivity contribution is -0.139. The van der Waals surface area contributed by atoms with Gasteiger partial charge >= 0.3 is 5.97 Å². The molecule has 0 unspecified atom stereocenters. The zero-order chi connectivity index (χ0) is 24.6. The number of benzene rings is 3. The predicted molar refractivity (Wildman–Crippen MR) is 135 cm³/mol. The van der Waals surface area contributed by atoms with Gasteiger partial charge in [0.25, 0.3) is 5.91 Å². The molecule has 0 heterocycles. The number of rotatable bonds is 10. The first-order valence-electron chi connectivity index (χ1n) is 10.3. The molecule has 0 saturated heterocycles. The van der Waals surface area contributed by atoms with E-state index in [4.69, 9.17) is 14.6 Å². The minimum absolute atomic E-state index is 0.313. The monoisotopic (exact) mass is 574 g/mol. The Labute approximate surface area is 210 Å². The Morgan fingerprint density at radius 1 is 1.03 bits per heavy atom. The Balaban J connectivity index is 1.85. The molecule has 0 aliphatic heterocycles. The van der Waals surface area contributed by atoms with Crippen LogP contribution in [0.25, 0.3) is 0 Å². The van der Waals surface area contributed by atoms with E-state index >= 15 is 0 Å². The highest BCUT2D eigenvalue weighted by molar-refractivity contribution is 14.1. The molecule has 3 N–H and O–H groups in total. The number of carboxylic acid groups (broad SMARTS) is 1. The van der Waals surface area contributed by atoms with E-state index in [0.29, 0.717) is 38.4 Å². The standard InChI is InChI=1S/C25H23IN2O6/c1-2-33-21-14-17(13-20(26)23(21)34-16-22(29)30)15-27-28-24(31)25(32,18-9-5-3-6-10-18)19-11-7-4-8-12-19/h3-15,32H,2,16H2,1H3,(H,28,31)(H,29,30)/b27-15-. The third-order valence-corrected chi connectivity index (χ3v) is 5.56. The number of aliphatic carboxylic acids is 1. The third-order valence-electron chi connectivity index (χ3n) is 4.76. The van der Waals surface area contributed by atoms with E-state index < -0.39 is 24.1 Å². The molecule has 34 heavy (non-hydrogen) atoms. The van der Waals surface area contributed by atoms with E-state index in [1.54, 1.807) is 79.7 Å². The van der Waals surface area contributed by atoms with Gasteiger partial charge in [0, 0.05) is 0 Å². The summed E-state index contributed by atoms with van der Waals surface area (Å²) >= 11 is 2.00. The number of carbonyl (C=O) groups is 2. The molecule has 0 radical (unpaired) electrons. The minimum Gasteiger partial charge on any atom is -0.490 e. The maximum atomic E-state index is 13.1. The maximum absolute atomic E-state index is 13.1. The average Bonchev–Trinajstić information content (AvgIpc) is 2.84. The Bertz CT molecular complexity index is 1130. The number of amides is 1. The van der Waals surface area contributed by atoms with Crippen molar-refractivity contribution in [3.8, 4) is 11.5 Å². The van der Waals surface area contributed by atoms with Gasteiger partial charge in [0.1, 0.15) is 0 Å². The Morgan fingerprint density at radius 2 is 1.62 bits per heavy atom. The van der Waals surface area contributed by atoms with E-state index in [0.717, 1.165) is 0 Å². The number of nitrogens with one attached hydrogen (secondary N) is 1. The van der Waals surface area contributed by atoms with E-state index in [1.165, 1.54) is 6.21 Å². The van der Waals surface area contributed by atoms with Gasteiger partial charge in [-0.2, -0.15) is 5.10 Å². The number of hydrogen-bond donors (Lipinski definition) is 3.